The molecule has 0 saturated heterocycles. The van der Waals surface area contributed by atoms with Gasteiger partial charge in [0.15, 0.2) is 11.7 Å². The number of nitrogens with one attached hydrogen (secondary N) is 2. The SMILES string of the molecule is N#Cc1c(NC(=O)c2cc3n(n2)C(C(F)(F)F)CC(c2ccco2)N3)sc2c1CCCC2. The summed E-state index contributed by atoms with van der Waals surface area (Å²) < 4.78 is 47.4. The molecule has 166 valence electrons. The number of thiophene rings is 1. The van der Waals surface area contributed by atoms with Gasteiger partial charge in [-0.05, 0) is 43.4 Å². The number of furan rings is 1. The van der Waals surface area contributed by atoms with Crippen LogP contribution in [0.15, 0.2) is 28.9 Å². The van der Waals surface area contributed by atoms with E-state index >= 15 is 0 Å². The van der Waals surface area contributed by atoms with Crippen molar-refractivity contribution in [3.63, 3.8) is 0 Å². The molecule has 5 rings (SSSR count). The van der Waals surface area contributed by atoms with Crippen molar-refractivity contribution in [1.29, 1.82) is 5.26 Å². The molecule has 2 atom stereocenters. The summed E-state index contributed by atoms with van der Waals surface area (Å²) in [6.07, 6.45) is 0.189. The van der Waals surface area contributed by atoms with E-state index in [2.05, 4.69) is 21.8 Å². The zero-order valence-corrected chi connectivity index (χ0v) is 17.5. The van der Waals surface area contributed by atoms with E-state index < -0.39 is 24.2 Å². The number of aryl methyl sites for hydroxylation is 1. The number of amides is 1. The van der Waals surface area contributed by atoms with Gasteiger partial charge in [-0.2, -0.15) is 23.5 Å². The smallest absolute Gasteiger partial charge is 0.410 e. The van der Waals surface area contributed by atoms with Gasteiger partial charge >= 0.3 is 6.18 Å². The molecule has 1 aliphatic heterocycles. The van der Waals surface area contributed by atoms with E-state index in [0.717, 1.165) is 40.8 Å². The van der Waals surface area contributed by atoms with Gasteiger partial charge in [-0.3, -0.25) is 4.79 Å². The molecule has 2 unspecified atom stereocenters. The Morgan fingerprint density at radius 1 is 1.38 bits per heavy atom. The molecule has 7 nitrogen and oxygen atoms in total. The number of halogens is 3. The minimum Gasteiger partial charge on any atom is -0.467 e. The lowest BCUT2D eigenvalue weighted by Gasteiger charge is -2.32. The quantitative estimate of drug-likeness (QED) is 0.559. The fourth-order valence-corrected chi connectivity index (χ4v) is 5.53. The summed E-state index contributed by atoms with van der Waals surface area (Å²) in [5.74, 6) is -0.198. The van der Waals surface area contributed by atoms with E-state index in [1.807, 2.05) is 0 Å². The highest BCUT2D eigenvalue weighted by molar-refractivity contribution is 7.16. The van der Waals surface area contributed by atoms with E-state index in [9.17, 15) is 23.2 Å². The number of anilines is 2. The minimum atomic E-state index is -4.55. The fraction of sp³-hybridized carbons (Fsp3) is 0.381. The normalized spacial score (nSPS) is 20.1. The highest BCUT2D eigenvalue weighted by atomic mass is 32.1. The third-order valence-electron chi connectivity index (χ3n) is 5.82. The van der Waals surface area contributed by atoms with Crippen LogP contribution in [0.5, 0.6) is 0 Å². The Bertz CT molecular complexity index is 1210. The maximum absolute atomic E-state index is 13.8. The highest BCUT2D eigenvalue weighted by Crippen LogP contribution is 2.44. The first-order valence-electron chi connectivity index (χ1n) is 10.2. The van der Waals surface area contributed by atoms with Crippen LogP contribution in [0.1, 0.15) is 63.6 Å². The Balaban J connectivity index is 1.45. The Kier molecular flexibility index (Phi) is 4.97. The second-order valence-electron chi connectivity index (χ2n) is 7.85. The molecule has 0 spiro atoms. The number of carbonyl (C=O) groups excluding carboxylic acids is 1. The van der Waals surface area contributed by atoms with Crippen molar-refractivity contribution in [2.75, 3.05) is 10.6 Å². The molecule has 1 aliphatic carbocycles. The van der Waals surface area contributed by atoms with Gasteiger partial charge in [-0.1, -0.05) is 0 Å². The van der Waals surface area contributed by atoms with Gasteiger partial charge in [0.25, 0.3) is 5.91 Å². The van der Waals surface area contributed by atoms with Crippen LogP contribution < -0.4 is 10.6 Å². The number of carbonyl (C=O) groups is 1. The molecule has 0 bridgehead atoms. The van der Waals surface area contributed by atoms with Crippen LogP contribution in [0, 0.1) is 11.3 Å². The van der Waals surface area contributed by atoms with Crippen molar-refractivity contribution in [3.8, 4) is 6.07 Å². The van der Waals surface area contributed by atoms with Crippen molar-refractivity contribution in [2.24, 2.45) is 0 Å². The molecule has 1 amide bonds. The molecule has 3 aromatic heterocycles. The first-order chi connectivity index (χ1) is 15.3. The maximum Gasteiger partial charge on any atom is 0.410 e. The number of hydrogen-bond acceptors (Lipinski definition) is 6. The topological polar surface area (TPSA) is 95.9 Å². The van der Waals surface area contributed by atoms with Gasteiger partial charge in [0.2, 0.25) is 0 Å². The molecule has 4 heterocycles. The summed E-state index contributed by atoms with van der Waals surface area (Å²) in [5.41, 5.74) is 1.24. The summed E-state index contributed by atoms with van der Waals surface area (Å²) in [4.78, 5) is 13.9. The standard InChI is InChI=1S/C21H18F3N5O2S/c22-21(23,24)17-8-13(15-5-3-7-31-15)26-18-9-14(28-29(17)18)19(30)27-20-12(10-25)11-4-1-2-6-16(11)32-20/h3,5,7,9,13,17,26H,1-2,4,6,8H2,(H,27,30). The predicted molar refractivity (Wildman–Crippen MR) is 111 cm³/mol. The van der Waals surface area contributed by atoms with Crippen LogP contribution in [-0.4, -0.2) is 21.9 Å². The second kappa shape index (κ2) is 7.70. The molecule has 0 fully saturated rings. The van der Waals surface area contributed by atoms with Gasteiger partial charge in [-0.15, -0.1) is 11.3 Å². The maximum atomic E-state index is 13.8. The largest absolute Gasteiger partial charge is 0.467 e. The molecule has 0 saturated carbocycles. The molecule has 0 aromatic carbocycles. The minimum absolute atomic E-state index is 0.0797. The van der Waals surface area contributed by atoms with Crippen LogP contribution >= 0.6 is 11.3 Å². The number of hydrogen-bond donors (Lipinski definition) is 2. The number of aromatic nitrogens is 2. The molecule has 2 aliphatic rings. The van der Waals surface area contributed by atoms with Gasteiger partial charge in [-0.25, -0.2) is 4.68 Å². The summed E-state index contributed by atoms with van der Waals surface area (Å²) in [5, 5.41) is 19.6. The number of nitrogens with zero attached hydrogens (tertiary/aromatic N) is 3. The lowest BCUT2D eigenvalue weighted by atomic mass is 9.96. The summed E-state index contributed by atoms with van der Waals surface area (Å²) in [6, 6.07) is 4.06. The second-order valence-corrected chi connectivity index (χ2v) is 8.95. The Morgan fingerprint density at radius 2 is 2.19 bits per heavy atom. The van der Waals surface area contributed by atoms with Crippen LogP contribution in [0.2, 0.25) is 0 Å². The molecule has 2 N–H and O–H groups in total. The molecular weight excluding hydrogens is 443 g/mol. The Morgan fingerprint density at radius 3 is 2.91 bits per heavy atom. The van der Waals surface area contributed by atoms with Crippen LogP contribution in [-0.2, 0) is 12.8 Å². The van der Waals surface area contributed by atoms with Crippen molar-refractivity contribution < 1.29 is 22.4 Å². The summed E-state index contributed by atoms with van der Waals surface area (Å²) in [6.45, 7) is 0. The summed E-state index contributed by atoms with van der Waals surface area (Å²) in [7, 11) is 0. The lowest BCUT2D eigenvalue weighted by Crippen LogP contribution is -2.35. The Hall–Kier alpha value is -3.26. The van der Waals surface area contributed by atoms with Crippen LogP contribution in [0.4, 0.5) is 24.0 Å². The molecule has 32 heavy (non-hydrogen) atoms. The highest BCUT2D eigenvalue weighted by Gasteiger charge is 2.47. The fourth-order valence-electron chi connectivity index (χ4n) is 4.30. The monoisotopic (exact) mass is 461 g/mol. The Labute approximate surface area is 184 Å². The average molecular weight is 461 g/mol. The van der Waals surface area contributed by atoms with Crippen molar-refractivity contribution in [2.45, 2.75) is 50.4 Å². The van der Waals surface area contributed by atoms with E-state index in [-0.39, 0.29) is 17.9 Å². The third kappa shape index (κ3) is 3.54. The van der Waals surface area contributed by atoms with Gasteiger partial charge < -0.3 is 15.1 Å². The zero-order chi connectivity index (χ0) is 22.5. The molecule has 0 radical (unpaired) electrons. The summed E-state index contributed by atoms with van der Waals surface area (Å²) >= 11 is 1.35. The first kappa shape index (κ1) is 20.6. The van der Waals surface area contributed by atoms with E-state index in [1.54, 1.807) is 12.1 Å². The number of fused-ring (bicyclic) bond motifs is 2. The molecule has 11 heteroatoms. The number of alkyl halides is 3. The van der Waals surface area contributed by atoms with Crippen LogP contribution in [0.25, 0.3) is 0 Å². The molecular formula is C21H18F3N5O2S. The average Bonchev–Trinajstić information content (AvgIpc) is 3.49. The predicted octanol–water partition coefficient (Wildman–Crippen LogP) is 5.20. The van der Waals surface area contributed by atoms with Gasteiger partial charge in [0.05, 0.1) is 17.9 Å². The van der Waals surface area contributed by atoms with Crippen LogP contribution in [0.3, 0.4) is 0 Å². The van der Waals surface area contributed by atoms with Crippen molar-refractivity contribution in [1.82, 2.24) is 9.78 Å². The van der Waals surface area contributed by atoms with Crippen molar-refractivity contribution >= 4 is 28.1 Å². The van der Waals surface area contributed by atoms with Gasteiger partial charge in [0, 0.05) is 17.4 Å². The van der Waals surface area contributed by atoms with E-state index in [0.29, 0.717) is 16.3 Å². The third-order valence-corrected chi connectivity index (χ3v) is 7.03. The lowest BCUT2D eigenvalue weighted by molar-refractivity contribution is -0.174. The first-order valence-corrected chi connectivity index (χ1v) is 11.0. The van der Waals surface area contributed by atoms with E-state index in [4.69, 9.17) is 4.42 Å². The number of rotatable bonds is 3. The van der Waals surface area contributed by atoms with Crippen molar-refractivity contribution in [3.05, 3.63) is 51.9 Å². The zero-order valence-electron chi connectivity index (χ0n) is 16.7. The number of nitriles is 1. The van der Waals surface area contributed by atoms with E-state index in [1.165, 1.54) is 23.7 Å². The molecule has 3 aromatic rings. The van der Waals surface area contributed by atoms with Gasteiger partial charge in [0.1, 0.15) is 22.6 Å².